The van der Waals surface area contributed by atoms with Crippen molar-refractivity contribution in [2.75, 3.05) is 13.2 Å². The summed E-state index contributed by atoms with van der Waals surface area (Å²) in [7, 11) is 0. The molecular formula is C12H17NO2. The average Bonchev–Trinajstić information content (AvgIpc) is 2.23. The van der Waals surface area contributed by atoms with E-state index in [1.807, 2.05) is 25.1 Å². The molecule has 1 aliphatic heterocycles. The molecule has 3 heteroatoms. The average molecular weight is 207 g/mol. The molecule has 0 aliphatic carbocycles. The van der Waals surface area contributed by atoms with Crippen LogP contribution in [0.25, 0.3) is 0 Å². The van der Waals surface area contributed by atoms with Crippen molar-refractivity contribution in [1.82, 2.24) is 5.32 Å². The number of nitrogens with one attached hydrogen (secondary N) is 1. The summed E-state index contributed by atoms with van der Waals surface area (Å²) in [6.07, 6.45) is 0. The number of phenols is 1. The molecule has 0 bridgehead atoms. The Kier molecular flexibility index (Phi) is 2.67. The minimum atomic E-state index is -0.558. The topological polar surface area (TPSA) is 41.5 Å². The molecular weight excluding hydrogens is 190 g/mol. The minimum absolute atomic E-state index is 0.280. The van der Waals surface area contributed by atoms with Crippen LogP contribution >= 0.6 is 0 Å². The molecule has 82 valence electrons. The van der Waals surface area contributed by atoms with Crippen molar-refractivity contribution < 1.29 is 9.84 Å². The minimum Gasteiger partial charge on any atom is -0.508 e. The molecule has 1 saturated heterocycles. The SMILES string of the molecule is CC1CNC(C)(c2ccccc2O)OC1. The standard InChI is InChI=1S/C12H17NO2/c1-9-7-13-12(2,15-8-9)10-5-3-4-6-11(10)14/h3-6,9,13-14H,7-8H2,1-2H3. The predicted molar refractivity (Wildman–Crippen MR) is 58.6 cm³/mol. The molecule has 0 aromatic heterocycles. The number of para-hydroxylation sites is 1. The third-order valence-electron chi connectivity index (χ3n) is 2.86. The van der Waals surface area contributed by atoms with Gasteiger partial charge in [-0.3, -0.25) is 5.32 Å². The van der Waals surface area contributed by atoms with E-state index in [0.717, 1.165) is 18.7 Å². The third kappa shape index (κ3) is 1.98. The summed E-state index contributed by atoms with van der Waals surface area (Å²) in [4.78, 5) is 0. The quantitative estimate of drug-likeness (QED) is 0.738. The smallest absolute Gasteiger partial charge is 0.146 e. The second-order valence-corrected chi connectivity index (χ2v) is 4.35. The molecule has 2 rings (SSSR count). The van der Waals surface area contributed by atoms with Crippen LogP contribution in [0.2, 0.25) is 0 Å². The van der Waals surface area contributed by atoms with Gasteiger partial charge in [-0.1, -0.05) is 25.1 Å². The molecule has 2 unspecified atom stereocenters. The Hall–Kier alpha value is -1.06. The molecule has 2 N–H and O–H groups in total. The highest BCUT2D eigenvalue weighted by Crippen LogP contribution is 2.32. The van der Waals surface area contributed by atoms with Crippen LogP contribution < -0.4 is 5.32 Å². The number of hydrogen-bond donors (Lipinski definition) is 2. The van der Waals surface area contributed by atoms with Gasteiger partial charge in [-0.05, 0) is 18.9 Å². The van der Waals surface area contributed by atoms with Crippen molar-refractivity contribution in [3.63, 3.8) is 0 Å². The number of ether oxygens (including phenoxy) is 1. The Bertz CT molecular complexity index is 343. The Balaban J connectivity index is 2.26. The van der Waals surface area contributed by atoms with Crippen molar-refractivity contribution in [2.24, 2.45) is 5.92 Å². The fourth-order valence-corrected chi connectivity index (χ4v) is 1.84. The summed E-state index contributed by atoms with van der Waals surface area (Å²) < 4.78 is 5.77. The van der Waals surface area contributed by atoms with Gasteiger partial charge in [0.2, 0.25) is 0 Å². The zero-order valence-electron chi connectivity index (χ0n) is 9.16. The van der Waals surface area contributed by atoms with Gasteiger partial charge in [-0.25, -0.2) is 0 Å². The summed E-state index contributed by atoms with van der Waals surface area (Å²) in [5, 5.41) is 13.1. The molecule has 1 aromatic rings. The van der Waals surface area contributed by atoms with E-state index >= 15 is 0 Å². The summed E-state index contributed by atoms with van der Waals surface area (Å²) in [6, 6.07) is 7.29. The van der Waals surface area contributed by atoms with Crippen LogP contribution in [0.4, 0.5) is 0 Å². The van der Waals surface area contributed by atoms with Gasteiger partial charge in [0.25, 0.3) is 0 Å². The maximum Gasteiger partial charge on any atom is 0.146 e. The summed E-state index contributed by atoms with van der Waals surface area (Å²) >= 11 is 0. The fraction of sp³-hybridized carbons (Fsp3) is 0.500. The molecule has 2 atom stereocenters. The van der Waals surface area contributed by atoms with E-state index < -0.39 is 5.72 Å². The number of benzene rings is 1. The van der Waals surface area contributed by atoms with Gasteiger partial charge in [-0.2, -0.15) is 0 Å². The first-order chi connectivity index (χ1) is 7.12. The van der Waals surface area contributed by atoms with Crippen LogP contribution in [0.3, 0.4) is 0 Å². The monoisotopic (exact) mass is 207 g/mol. The Morgan fingerprint density at radius 1 is 1.47 bits per heavy atom. The summed E-state index contributed by atoms with van der Waals surface area (Å²) in [5.41, 5.74) is 0.245. The van der Waals surface area contributed by atoms with Crippen molar-refractivity contribution >= 4 is 0 Å². The van der Waals surface area contributed by atoms with Gasteiger partial charge < -0.3 is 9.84 Å². The lowest BCUT2D eigenvalue weighted by molar-refractivity contribution is -0.107. The summed E-state index contributed by atoms with van der Waals surface area (Å²) in [6.45, 7) is 5.72. The van der Waals surface area contributed by atoms with Crippen LogP contribution in [0.15, 0.2) is 24.3 Å². The van der Waals surface area contributed by atoms with E-state index in [0.29, 0.717) is 5.92 Å². The second kappa shape index (κ2) is 3.83. The number of rotatable bonds is 1. The molecule has 1 aliphatic rings. The highest BCUT2D eigenvalue weighted by atomic mass is 16.5. The van der Waals surface area contributed by atoms with Gasteiger partial charge in [0, 0.05) is 12.1 Å². The molecule has 0 saturated carbocycles. The van der Waals surface area contributed by atoms with E-state index in [1.165, 1.54) is 0 Å². The van der Waals surface area contributed by atoms with Gasteiger partial charge in [0.15, 0.2) is 0 Å². The number of hydrogen-bond acceptors (Lipinski definition) is 3. The molecule has 0 radical (unpaired) electrons. The Morgan fingerprint density at radius 3 is 2.80 bits per heavy atom. The number of phenolic OH excluding ortho intramolecular Hbond substituents is 1. The lowest BCUT2D eigenvalue weighted by atomic mass is 10.00. The molecule has 0 amide bonds. The van der Waals surface area contributed by atoms with E-state index in [2.05, 4.69) is 12.2 Å². The van der Waals surface area contributed by atoms with Gasteiger partial charge in [-0.15, -0.1) is 0 Å². The molecule has 1 fully saturated rings. The first kappa shape index (κ1) is 10.5. The first-order valence-corrected chi connectivity index (χ1v) is 5.29. The fourth-order valence-electron chi connectivity index (χ4n) is 1.84. The van der Waals surface area contributed by atoms with Gasteiger partial charge >= 0.3 is 0 Å². The summed E-state index contributed by atoms with van der Waals surface area (Å²) in [5.74, 6) is 0.797. The third-order valence-corrected chi connectivity index (χ3v) is 2.86. The van der Waals surface area contributed by atoms with Gasteiger partial charge in [0.1, 0.15) is 11.5 Å². The Labute approximate surface area is 90.1 Å². The van der Waals surface area contributed by atoms with Crippen LogP contribution in [-0.4, -0.2) is 18.3 Å². The van der Waals surface area contributed by atoms with Crippen molar-refractivity contribution in [3.8, 4) is 5.75 Å². The number of aromatic hydroxyl groups is 1. The zero-order chi connectivity index (χ0) is 10.9. The van der Waals surface area contributed by atoms with Gasteiger partial charge in [0.05, 0.1) is 6.61 Å². The maximum absolute atomic E-state index is 9.77. The highest BCUT2D eigenvalue weighted by Gasteiger charge is 2.33. The van der Waals surface area contributed by atoms with Crippen LogP contribution in [0.5, 0.6) is 5.75 Å². The molecule has 1 heterocycles. The molecule has 3 nitrogen and oxygen atoms in total. The van der Waals surface area contributed by atoms with Crippen molar-refractivity contribution in [3.05, 3.63) is 29.8 Å². The highest BCUT2D eigenvalue weighted by molar-refractivity contribution is 5.36. The normalized spacial score (nSPS) is 31.5. The Morgan fingerprint density at radius 2 is 2.20 bits per heavy atom. The van der Waals surface area contributed by atoms with Crippen molar-refractivity contribution in [1.29, 1.82) is 0 Å². The molecule has 0 spiro atoms. The van der Waals surface area contributed by atoms with E-state index in [1.54, 1.807) is 6.07 Å². The lowest BCUT2D eigenvalue weighted by Crippen LogP contribution is -2.49. The largest absolute Gasteiger partial charge is 0.508 e. The molecule has 15 heavy (non-hydrogen) atoms. The molecule has 1 aromatic carbocycles. The zero-order valence-corrected chi connectivity index (χ0v) is 9.16. The van der Waals surface area contributed by atoms with Crippen LogP contribution in [-0.2, 0) is 10.5 Å². The van der Waals surface area contributed by atoms with E-state index in [9.17, 15) is 5.11 Å². The first-order valence-electron chi connectivity index (χ1n) is 5.29. The van der Waals surface area contributed by atoms with E-state index in [4.69, 9.17) is 4.74 Å². The predicted octanol–water partition coefficient (Wildman–Crippen LogP) is 1.82. The van der Waals surface area contributed by atoms with Crippen LogP contribution in [0.1, 0.15) is 19.4 Å². The van der Waals surface area contributed by atoms with Crippen LogP contribution in [0, 0.1) is 5.92 Å². The maximum atomic E-state index is 9.77. The van der Waals surface area contributed by atoms with Crippen molar-refractivity contribution in [2.45, 2.75) is 19.6 Å². The second-order valence-electron chi connectivity index (χ2n) is 4.35. The lowest BCUT2D eigenvalue weighted by Gasteiger charge is -2.38. The van der Waals surface area contributed by atoms with E-state index in [-0.39, 0.29) is 5.75 Å².